The lowest BCUT2D eigenvalue weighted by molar-refractivity contribution is 0.161. The summed E-state index contributed by atoms with van der Waals surface area (Å²) in [5, 5.41) is 3.22. The molecule has 0 heterocycles. The highest BCUT2D eigenvalue weighted by Gasteiger charge is 2.10. The van der Waals surface area contributed by atoms with E-state index in [1.807, 2.05) is 19.2 Å². The fourth-order valence-corrected chi connectivity index (χ4v) is 2.26. The number of ether oxygens (including phenoxy) is 1. The highest BCUT2D eigenvalue weighted by Crippen LogP contribution is 2.22. The number of rotatable bonds is 7. The van der Waals surface area contributed by atoms with Gasteiger partial charge in [0.25, 0.3) is 0 Å². The third-order valence-electron chi connectivity index (χ3n) is 3.35. The van der Waals surface area contributed by atoms with Gasteiger partial charge in [0.1, 0.15) is 12.0 Å². The van der Waals surface area contributed by atoms with Gasteiger partial charge >= 0.3 is 0 Å². The summed E-state index contributed by atoms with van der Waals surface area (Å²) in [4.78, 5) is 0. The summed E-state index contributed by atoms with van der Waals surface area (Å²) < 4.78 is 6.10. The Bertz CT molecular complexity index is 510. The molecule has 0 aliphatic carbocycles. The van der Waals surface area contributed by atoms with E-state index >= 15 is 0 Å². The molecule has 0 aliphatic rings. The van der Waals surface area contributed by atoms with E-state index in [-0.39, 0.29) is 6.23 Å². The van der Waals surface area contributed by atoms with E-state index in [1.165, 1.54) is 11.1 Å². The zero-order valence-electron chi connectivity index (χ0n) is 12.3. The molecular formula is C18H23NO. The van der Waals surface area contributed by atoms with Crippen LogP contribution in [0.1, 0.15) is 30.9 Å². The van der Waals surface area contributed by atoms with E-state index in [9.17, 15) is 0 Å². The van der Waals surface area contributed by atoms with E-state index in [0.29, 0.717) is 0 Å². The van der Waals surface area contributed by atoms with Gasteiger partial charge in [0, 0.05) is 6.42 Å². The lowest BCUT2D eigenvalue weighted by Crippen LogP contribution is -2.31. The van der Waals surface area contributed by atoms with Crippen molar-refractivity contribution in [1.82, 2.24) is 5.32 Å². The average Bonchev–Trinajstić information content (AvgIpc) is 2.49. The summed E-state index contributed by atoms with van der Waals surface area (Å²) in [6.07, 6.45) is 3.10. The summed E-state index contributed by atoms with van der Waals surface area (Å²) in [5.74, 6) is 0.976. The molecule has 0 saturated carbocycles. The van der Waals surface area contributed by atoms with Gasteiger partial charge in [-0.3, -0.25) is 5.32 Å². The first-order valence-electron chi connectivity index (χ1n) is 7.29. The summed E-state index contributed by atoms with van der Waals surface area (Å²) in [6.45, 7) is 2.17. The molecule has 2 nitrogen and oxygen atoms in total. The molecule has 0 bridgehead atoms. The van der Waals surface area contributed by atoms with Crippen molar-refractivity contribution in [3.05, 3.63) is 65.7 Å². The molecule has 0 saturated heterocycles. The second-order valence-corrected chi connectivity index (χ2v) is 4.95. The standard InChI is InChI=1S/C18H23NO/c1-3-9-18(19-2)20-17-13-8-7-12-16(17)14-15-10-5-4-6-11-15/h4-8,10-13,18-19H,3,9,14H2,1-2H3. The Balaban J connectivity index is 2.13. The Morgan fingerprint density at radius 3 is 2.40 bits per heavy atom. The normalized spacial score (nSPS) is 12.1. The van der Waals surface area contributed by atoms with Crippen LogP contribution in [0.25, 0.3) is 0 Å². The molecule has 106 valence electrons. The van der Waals surface area contributed by atoms with Gasteiger partial charge in [0.05, 0.1) is 0 Å². The molecule has 0 amide bonds. The molecule has 20 heavy (non-hydrogen) atoms. The van der Waals surface area contributed by atoms with Crippen LogP contribution in [0.4, 0.5) is 0 Å². The van der Waals surface area contributed by atoms with Crippen LogP contribution >= 0.6 is 0 Å². The van der Waals surface area contributed by atoms with Crippen LogP contribution in [0.3, 0.4) is 0 Å². The van der Waals surface area contributed by atoms with Crippen molar-refractivity contribution in [2.45, 2.75) is 32.4 Å². The predicted molar refractivity (Wildman–Crippen MR) is 84.1 cm³/mol. The molecule has 0 fully saturated rings. The topological polar surface area (TPSA) is 21.3 Å². The average molecular weight is 269 g/mol. The largest absolute Gasteiger partial charge is 0.475 e. The Morgan fingerprint density at radius 2 is 1.70 bits per heavy atom. The van der Waals surface area contributed by atoms with Gasteiger partial charge in [-0.2, -0.15) is 0 Å². The Kier molecular flexibility index (Phi) is 5.63. The molecular weight excluding hydrogens is 246 g/mol. The minimum Gasteiger partial charge on any atom is -0.475 e. The van der Waals surface area contributed by atoms with Gasteiger partial charge in [-0.15, -0.1) is 0 Å². The van der Waals surface area contributed by atoms with E-state index in [0.717, 1.165) is 25.0 Å². The smallest absolute Gasteiger partial charge is 0.149 e. The third-order valence-corrected chi connectivity index (χ3v) is 3.35. The van der Waals surface area contributed by atoms with E-state index < -0.39 is 0 Å². The molecule has 2 aromatic rings. The fraction of sp³-hybridized carbons (Fsp3) is 0.333. The molecule has 0 spiro atoms. The van der Waals surface area contributed by atoms with Gasteiger partial charge in [-0.1, -0.05) is 61.9 Å². The monoisotopic (exact) mass is 269 g/mol. The molecule has 2 heteroatoms. The maximum absolute atomic E-state index is 6.10. The highest BCUT2D eigenvalue weighted by atomic mass is 16.5. The lowest BCUT2D eigenvalue weighted by atomic mass is 10.0. The van der Waals surface area contributed by atoms with Crippen LogP contribution < -0.4 is 10.1 Å². The van der Waals surface area contributed by atoms with E-state index in [4.69, 9.17) is 4.74 Å². The summed E-state index contributed by atoms with van der Waals surface area (Å²) in [6, 6.07) is 18.8. The van der Waals surface area contributed by atoms with E-state index in [2.05, 4.69) is 54.7 Å². The van der Waals surface area contributed by atoms with Crippen LogP contribution in [-0.4, -0.2) is 13.3 Å². The van der Waals surface area contributed by atoms with Gasteiger partial charge in [0.15, 0.2) is 0 Å². The maximum Gasteiger partial charge on any atom is 0.149 e. The van der Waals surface area contributed by atoms with Gasteiger partial charge in [-0.25, -0.2) is 0 Å². The Hall–Kier alpha value is -1.80. The number of hydrogen-bond acceptors (Lipinski definition) is 2. The van der Waals surface area contributed by atoms with Gasteiger partial charge < -0.3 is 4.74 Å². The van der Waals surface area contributed by atoms with Crippen molar-refractivity contribution in [3.63, 3.8) is 0 Å². The number of benzene rings is 2. The first-order valence-corrected chi connectivity index (χ1v) is 7.29. The highest BCUT2D eigenvalue weighted by molar-refractivity contribution is 5.37. The lowest BCUT2D eigenvalue weighted by Gasteiger charge is -2.20. The minimum absolute atomic E-state index is 0.0805. The first kappa shape index (κ1) is 14.6. The van der Waals surface area contributed by atoms with Crippen molar-refractivity contribution in [3.8, 4) is 5.75 Å². The molecule has 1 N–H and O–H groups in total. The van der Waals surface area contributed by atoms with E-state index in [1.54, 1.807) is 0 Å². The van der Waals surface area contributed by atoms with Crippen LogP contribution in [-0.2, 0) is 6.42 Å². The van der Waals surface area contributed by atoms with Crippen LogP contribution in [0.15, 0.2) is 54.6 Å². The summed E-state index contributed by atoms with van der Waals surface area (Å²) in [5.41, 5.74) is 2.54. The fourth-order valence-electron chi connectivity index (χ4n) is 2.26. The molecule has 2 rings (SSSR count). The summed E-state index contributed by atoms with van der Waals surface area (Å²) >= 11 is 0. The zero-order valence-corrected chi connectivity index (χ0v) is 12.3. The van der Waals surface area contributed by atoms with Crippen molar-refractivity contribution in [1.29, 1.82) is 0 Å². The van der Waals surface area contributed by atoms with Gasteiger partial charge in [-0.05, 0) is 30.7 Å². The quantitative estimate of drug-likeness (QED) is 0.767. The molecule has 2 aromatic carbocycles. The Morgan fingerprint density at radius 1 is 1.00 bits per heavy atom. The predicted octanol–water partition coefficient (Wildman–Crippen LogP) is 4.00. The van der Waals surface area contributed by atoms with Crippen molar-refractivity contribution in [2.75, 3.05) is 7.05 Å². The third kappa shape index (κ3) is 4.10. The molecule has 0 radical (unpaired) electrons. The van der Waals surface area contributed by atoms with Crippen molar-refractivity contribution in [2.24, 2.45) is 0 Å². The zero-order chi connectivity index (χ0) is 14.2. The number of nitrogens with one attached hydrogen (secondary N) is 1. The van der Waals surface area contributed by atoms with Gasteiger partial charge in [0.2, 0.25) is 0 Å². The number of para-hydroxylation sites is 1. The van der Waals surface area contributed by atoms with Crippen LogP contribution in [0.5, 0.6) is 5.75 Å². The maximum atomic E-state index is 6.10. The number of hydrogen-bond donors (Lipinski definition) is 1. The molecule has 0 aromatic heterocycles. The Labute approximate surface area is 121 Å². The second kappa shape index (κ2) is 7.71. The van der Waals surface area contributed by atoms with Crippen molar-refractivity contribution < 1.29 is 4.74 Å². The van der Waals surface area contributed by atoms with Crippen molar-refractivity contribution >= 4 is 0 Å². The molecule has 0 aliphatic heterocycles. The van der Waals surface area contributed by atoms with Crippen LogP contribution in [0.2, 0.25) is 0 Å². The first-order chi connectivity index (χ1) is 9.83. The van der Waals surface area contributed by atoms with Crippen LogP contribution in [0, 0.1) is 0 Å². The SMILES string of the molecule is CCCC(NC)Oc1ccccc1Cc1ccccc1. The molecule has 1 unspecified atom stereocenters. The summed E-state index contributed by atoms with van der Waals surface area (Å²) in [7, 11) is 1.94. The molecule has 1 atom stereocenters. The minimum atomic E-state index is 0.0805. The second-order valence-electron chi connectivity index (χ2n) is 4.95.